The highest BCUT2D eigenvalue weighted by Crippen LogP contribution is 2.22. The predicted octanol–water partition coefficient (Wildman–Crippen LogP) is 2.58. The molecule has 2 aromatic heterocycles. The number of sulfone groups is 1. The van der Waals surface area contributed by atoms with Crippen LogP contribution in [0.5, 0.6) is 0 Å². The summed E-state index contributed by atoms with van der Waals surface area (Å²) < 4.78 is 27.1. The van der Waals surface area contributed by atoms with Crippen molar-refractivity contribution in [2.24, 2.45) is 0 Å². The summed E-state index contributed by atoms with van der Waals surface area (Å²) in [6.45, 7) is 0.596. The topological polar surface area (TPSA) is 82.7 Å². The summed E-state index contributed by atoms with van der Waals surface area (Å²) in [7, 11) is -3.22. The molecule has 4 rings (SSSR count). The molecule has 0 spiro atoms. The van der Waals surface area contributed by atoms with Gasteiger partial charge in [0.15, 0.2) is 9.84 Å². The molecule has 2 heterocycles. The van der Waals surface area contributed by atoms with Gasteiger partial charge in [-0.3, -0.25) is 0 Å². The molecule has 0 aliphatic rings. The monoisotopic (exact) mass is 379 g/mol. The molecule has 0 aliphatic carbocycles. The van der Waals surface area contributed by atoms with E-state index in [1.54, 1.807) is 41.5 Å². The fraction of sp³-hybridized carbons (Fsp3) is 0.105. The fourth-order valence-electron chi connectivity index (χ4n) is 2.93. The van der Waals surface area contributed by atoms with Gasteiger partial charge in [-0.15, -0.1) is 0 Å². The van der Waals surface area contributed by atoms with Crippen LogP contribution >= 0.6 is 0 Å². The molecule has 4 aromatic rings. The van der Waals surface area contributed by atoms with Crippen LogP contribution in [0.4, 0.5) is 0 Å². The first-order valence-corrected chi connectivity index (χ1v) is 10.2. The van der Waals surface area contributed by atoms with Gasteiger partial charge in [-0.2, -0.15) is 5.10 Å². The highest BCUT2D eigenvalue weighted by atomic mass is 32.2. The number of nitrogens with zero attached hydrogens (tertiary/aromatic N) is 5. The van der Waals surface area contributed by atoms with Crippen LogP contribution < -0.4 is 0 Å². The molecule has 2 aromatic carbocycles. The molecule has 8 heteroatoms. The van der Waals surface area contributed by atoms with Crippen molar-refractivity contribution >= 4 is 9.84 Å². The van der Waals surface area contributed by atoms with E-state index in [2.05, 4.69) is 15.1 Å². The summed E-state index contributed by atoms with van der Waals surface area (Å²) in [5, 5.41) is 4.21. The first-order valence-electron chi connectivity index (χ1n) is 8.27. The SMILES string of the molecule is CS(=O)(=O)c1ccc(-c2nccn2Cc2ccccc2-n2cncn2)cc1. The Morgan fingerprint density at radius 2 is 1.81 bits per heavy atom. The Kier molecular flexibility index (Phi) is 4.33. The normalized spacial score (nSPS) is 11.6. The Bertz CT molecular complexity index is 1160. The molecule has 27 heavy (non-hydrogen) atoms. The average molecular weight is 379 g/mol. The third-order valence-corrected chi connectivity index (χ3v) is 5.38. The molecule has 0 radical (unpaired) electrons. The molecule has 7 nitrogen and oxygen atoms in total. The van der Waals surface area contributed by atoms with Gasteiger partial charge in [-0.25, -0.2) is 23.1 Å². The lowest BCUT2D eigenvalue weighted by atomic mass is 10.1. The van der Waals surface area contributed by atoms with E-state index >= 15 is 0 Å². The van der Waals surface area contributed by atoms with Crippen molar-refractivity contribution < 1.29 is 8.42 Å². The molecule has 136 valence electrons. The maximum absolute atomic E-state index is 11.7. The van der Waals surface area contributed by atoms with E-state index in [-0.39, 0.29) is 0 Å². The lowest BCUT2D eigenvalue weighted by Crippen LogP contribution is -2.06. The summed E-state index contributed by atoms with van der Waals surface area (Å²) in [5.74, 6) is 0.767. The van der Waals surface area contributed by atoms with E-state index in [0.717, 1.165) is 22.6 Å². The molecular formula is C19H17N5O2S. The lowest BCUT2D eigenvalue weighted by Gasteiger charge is -2.12. The van der Waals surface area contributed by atoms with Crippen molar-refractivity contribution in [2.45, 2.75) is 11.4 Å². The smallest absolute Gasteiger partial charge is 0.175 e. The molecular weight excluding hydrogens is 362 g/mol. The zero-order valence-electron chi connectivity index (χ0n) is 14.6. The Hall–Kier alpha value is -3.26. The Morgan fingerprint density at radius 3 is 2.52 bits per heavy atom. The lowest BCUT2D eigenvalue weighted by molar-refractivity contribution is 0.602. The zero-order chi connectivity index (χ0) is 18.9. The number of imidazole rings is 1. The molecule has 0 unspecified atom stereocenters. The molecule has 0 saturated heterocycles. The molecule has 0 atom stereocenters. The van der Waals surface area contributed by atoms with Gasteiger partial charge in [-0.1, -0.05) is 18.2 Å². The quantitative estimate of drug-likeness (QED) is 0.532. The van der Waals surface area contributed by atoms with Crippen molar-refractivity contribution in [1.29, 1.82) is 0 Å². The van der Waals surface area contributed by atoms with E-state index in [1.165, 1.54) is 12.6 Å². The third kappa shape index (κ3) is 3.52. The third-order valence-electron chi connectivity index (χ3n) is 4.25. The maximum Gasteiger partial charge on any atom is 0.175 e. The maximum atomic E-state index is 11.7. The minimum atomic E-state index is -3.22. The van der Waals surface area contributed by atoms with Gasteiger partial charge in [0.25, 0.3) is 0 Å². The molecule has 0 bridgehead atoms. The van der Waals surface area contributed by atoms with Gasteiger partial charge in [-0.05, 0) is 35.9 Å². The minimum Gasteiger partial charge on any atom is -0.326 e. The van der Waals surface area contributed by atoms with Gasteiger partial charge in [0.1, 0.15) is 18.5 Å². The number of rotatable bonds is 5. The molecule has 0 saturated carbocycles. The molecule has 0 amide bonds. The van der Waals surface area contributed by atoms with Crippen LogP contribution in [0.15, 0.2) is 78.5 Å². The predicted molar refractivity (Wildman–Crippen MR) is 101 cm³/mol. The second-order valence-electron chi connectivity index (χ2n) is 6.14. The molecule has 0 N–H and O–H groups in total. The van der Waals surface area contributed by atoms with Crippen molar-refractivity contribution in [3.05, 3.63) is 79.1 Å². The van der Waals surface area contributed by atoms with Crippen molar-refractivity contribution in [1.82, 2.24) is 24.3 Å². The number of hydrogen-bond donors (Lipinski definition) is 0. The van der Waals surface area contributed by atoms with Crippen LogP contribution in [0.2, 0.25) is 0 Å². The standard InChI is InChI=1S/C19H17N5O2S/c1-27(25,26)17-8-6-15(7-9-17)19-21-10-11-23(19)12-16-4-2-3-5-18(16)24-14-20-13-22-24/h2-11,13-14H,12H2,1H3. The zero-order valence-corrected chi connectivity index (χ0v) is 15.4. The summed E-state index contributed by atoms with van der Waals surface area (Å²) >= 11 is 0. The molecule has 0 fully saturated rings. The number of benzene rings is 2. The Balaban J connectivity index is 1.68. The van der Waals surface area contributed by atoms with Crippen LogP contribution in [-0.2, 0) is 16.4 Å². The summed E-state index contributed by atoms with van der Waals surface area (Å²) in [5.41, 5.74) is 2.86. The van der Waals surface area contributed by atoms with E-state index in [0.29, 0.717) is 11.4 Å². The van der Waals surface area contributed by atoms with Crippen LogP contribution in [-0.4, -0.2) is 39.0 Å². The van der Waals surface area contributed by atoms with E-state index in [1.807, 2.05) is 35.0 Å². The Labute approximate surface area is 156 Å². The fourth-order valence-corrected chi connectivity index (χ4v) is 3.56. The summed E-state index contributed by atoms with van der Waals surface area (Å²) in [6, 6.07) is 14.7. The number of hydrogen-bond acceptors (Lipinski definition) is 5. The highest BCUT2D eigenvalue weighted by molar-refractivity contribution is 7.90. The summed E-state index contributed by atoms with van der Waals surface area (Å²) in [4.78, 5) is 8.75. The number of aromatic nitrogens is 5. The Morgan fingerprint density at radius 1 is 1.04 bits per heavy atom. The van der Waals surface area contributed by atoms with Gasteiger partial charge in [0.05, 0.1) is 17.1 Å². The van der Waals surface area contributed by atoms with Gasteiger partial charge in [0, 0.05) is 24.2 Å². The van der Waals surface area contributed by atoms with Gasteiger partial charge < -0.3 is 4.57 Å². The van der Waals surface area contributed by atoms with Gasteiger partial charge in [0.2, 0.25) is 0 Å². The van der Waals surface area contributed by atoms with Crippen LogP contribution in [0, 0.1) is 0 Å². The second kappa shape index (κ2) is 6.81. The second-order valence-corrected chi connectivity index (χ2v) is 8.16. The highest BCUT2D eigenvalue weighted by Gasteiger charge is 2.12. The first-order chi connectivity index (χ1) is 13.0. The van der Waals surface area contributed by atoms with E-state index < -0.39 is 9.84 Å². The minimum absolute atomic E-state index is 0.292. The largest absolute Gasteiger partial charge is 0.326 e. The molecule has 0 aliphatic heterocycles. The van der Waals surface area contributed by atoms with Crippen molar-refractivity contribution in [3.8, 4) is 17.1 Å². The van der Waals surface area contributed by atoms with E-state index in [9.17, 15) is 8.42 Å². The van der Waals surface area contributed by atoms with E-state index in [4.69, 9.17) is 0 Å². The van der Waals surface area contributed by atoms with Crippen LogP contribution in [0.3, 0.4) is 0 Å². The van der Waals surface area contributed by atoms with Gasteiger partial charge >= 0.3 is 0 Å². The number of para-hydroxylation sites is 1. The van der Waals surface area contributed by atoms with Crippen LogP contribution in [0.1, 0.15) is 5.56 Å². The first kappa shape index (κ1) is 17.2. The van der Waals surface area contributed by atoms with Crippen molar-refractivity contribution in [3.63, 3.8) is 0 Å². The summed E-state index contributed by atoms with van der Waals surface area (Å²) in [6.07, 6.45) is 8.00. The van der Waals surface area contributed by atoms with Crippen molar-refractivity contribution in [2.75, 3.05) is 6.26 Å². The van der Waals surface area contributed by atoms with Crippen LogP contribution in [0.25, 0.3) is 17.1 Å². The average Bonchev–Trinajstić information content (AvgIpc) is 3.33.